The highest BCUT2D eigenvalue weighted by Gasteiger charge is 2.24. The van der Waals surface area contributed by atoms with Crippen molar-refractivity contribution >= 4 is 17.4 Å². The van der Waals surface area contributed by atoms with Crippen molar-refractivity contribution in [3.05, 3.63) is 59.4 Å². The number of rotatable bonds is 6. The first-order valence-electron chi connectivity index (χ1n) is 10.7. The lowest BCUT2D eigenvalue weighted by Crippen LogP contribution is -2.49. The van der Waals surface area contributed by atoms with Crippen molar-refractivity contribution in [3.8, 4) is 5.75 Å². The largest absolute Gasteiger partial charge is 0.491 e. The molecule has 0 N–H and O–H groups in total. The summed E-state index contributed by atoms with van der Waals surface area (Å²) in [4.78, 5) is 27.9. The molecule has 2 aliphatic rings. The van der Waals surface area contributed by atoms with Gasteiger partial charge in [0.25, 0.3) is 5.91 Å². The Kier molecular flexibility index (Phi) is 6.51. The predicted molar refractivity (Wildman–Crippen MR) is 115 cm³/mol. The Balaban J connectivity index is 1.31. The van der Waals surface area contributed by atoms with Gasteiger partial charge in [-0.1, -0.05) is 0 Å². The maximum atomic E-state index is 14.4. The molecule has 164 valence electrons. The van der Waals surface area contributed by atoms with E-state index >= 15 is 0 Å². The molecule has 2 saturated heterocycles. The quantitative estimate of drug-likeness (QED) is 0.662. The van der Waals surface area contributed by atoms with Crippen molar-refractivity contribution in [1.82, 2.24) is 4.90 Å². The number of piperazine rings is 1. The third-order valence-electron chi connectivity index (χ3n) is 5.82. The first-order chi connectivity index (χ1) is 15.0. The summed E-state index contributed by atoms with van der Waals surface area (Å²) in [5.74, 6) is 0.106. The standard InChI is InChI=1S/C24H27FN2O4/c1-17(28)19-6-9-23(22(25)15-19)26-10-12-27(13-11-26)24(29)18-4-7-20(8-5-18)31-16-21-3-2-14-30-21/h4-9,15,21H,2-3,10-14,16H2,1H3. The Morgan fingerprint density at radius 1 is 1.06 bits per heavy atom. The number of ketones is 1. The van der Waals surface area contributed by atoms with Crippen molar-refractivity contribution < 1.29 is 23.5 Å². The maximum Gasteiger partial charge on any atom is 0.253 e. The second-order valence-electron chi connectivity index (χ2n) is 7.97. The number of nitrogens with zero attached hydrogens (tertiary/aromatic N) is 2. The lowest BCUT2D eigenvalue weighted by Gasteiger charge is -2.36. The van der Waals surface area contributed by atoms with Crippen LogP contribution in [0.4, 0.5) is 10.1 Å². The Morgan fingerprint density at radius 3 is 2.39 bits per heavy atom. The molecule has 2 aromatic rings. The minimum Gasteiger partial charge on any atom is -0.491 e. The number of carbonyl (C=O) groups is 2. The lowest BCUT2D eigenvalue weighted by atomic mass is 10.1. The van der Waals surface area contributed by atoms with E-state index in [1.807, 2.05) is 17.0 Å². The number of anilines is 1. The molecule has 2 fully saturated rings. The highest BCUT2D eigenvalue weighted by atomic mass is 19.1. The second-order valence-corrected chi connectivity index (χ2v) is 7.97. The summed E-state index contributed by atoms with van der Waals surface area (Å²) in [6.07, 6.45) is 2.25. The second kappa shape index (κ2) is 9.47. The first kappa shape index (κ1) is 21.3. The minimum atomic E-state index is -0.411. The third-order valence-corrected chi connectivity index (χ3v) is 5.82. The molecule has 7 heteroatoms. The van der Waals surface area contributed by atoms with Crippen LogP contribution >= 0.6 is 0 Å². The summed E-state index contributed by atoms with van der Waals surface area (Å²) in [5, 5.41) is 0. The van der Waals surface area contributed by atoms with E-state index in [1.54, 1.807) is 29.2 Å². The number of carbonyl (C=O) groups excluding carboxylic acids is 2. The van der Waals surface area contributed by atoms with E-state index in [-0.39, 0.29) is 17.8 Å². The molecule has 1 unspecified atom stereocenters. The predicted octanol–water partition coefficient (Wildman–Crippen LogP) is 3.55. The molecule has 0 saturated carbocycles. The van der Waals surface area contributed by atoms with E-state index in [0.29, 0.717) is 49.6 Å². The van der Waals surface area contributed by atoms with E-state index in [2.05, 4.69) is 0 Å². The molecular formula is C24H27FN2O4. The van der Waals surface area contributed by atoms with Gasteiger partial charge in [0.05, 0.1) is 11.8 Å². The summed E-state index contributed by atoms with van der Waals surface area (Å²) >= 11 is 0. The number of halogens is 1. The summed E-state index contributed by atoms with van der Waals surface area (Å²) in [7, 11) is 0. The van der Waals surface area contributed by atoms with Crippen molar-refractivity contribution in [2.75, 3.05) is 44.3 Å². The molecule has 6 nitrogen and oxygen atoms in total. The van der Waals surface area contributed by atoms with Crippen molar-refractivity contribution in [3.63, 3.8) is 0 Å². The topological polar surface area (TPSA) is 59.1 Å². The molecule has 2 aliphatic heterocycles. The van der Waals surface area contributed by atoms with E-state index < -0.39 is 5.82 Å². The zero-order valence-corrected chi connectivity index (χ0v) is 17.7. The van der Waals surface area contributed by atoms with Crippen LogP contribution in [-0.2, 0) is 4.74 Å². The molecule has 1 amide bonds. The smallest absolute Gasteiger partial charge is 0.253 e. The van der Waals surface area contributed by atoms with E-state index in [1.165, 1.54) is 13.0 Å². The van der Waals surface area contributed by atoms with Gasteiger partial charge in [-0.05, 0) is 62.2 Å². The molecule has 0 radical (unpaired) electrons. The molecule has 2 heterocycles. The Hall–Kier alpha value is -2.93. The number of hydrogen-bond donors (Lipinski definition) is 0. The van der Waals surface area contributed by atoms with Gasteiger partial charge in [0.2, 0.25) is 0 Å². The highest BCUT2D eigenvalue weighted by molar-refractivity contribution is 5.95. The molecule has 31 heavy (non-hydrogen) atoms. The van der Waals surface area contributed by atoms with Gasteiger partial charge in [-0.25, -0.2) is 4.39 Å². The van der Waals surface area contributed by atoms with Gasteiger partial charge in [-0.15, -0.1) is 0 Å². The Bertz CT molecular complexity index is 933. The first-order valence-corrected chi connectivity index (χ1v) is 10.7. The van der Waals surface area contributed by atoms with Crippen LogP contribution in [0.3, 0.4) is 0 Å². The molecule has 4 rings (SSSR count). The van der Waals surface area contributed by atoms with E-state index in [9.17, 15) is 14.0 Å². The van der Waals surface area contributed by atoms with Gasteiger partial charge >= 0.3 is 0 Å². The fraction of sp³-hybridized carbons (Fsp3) is 0.417. The average molecular weight is 426 g/mol. The van der Waals surface area contributed by atoms with Crippen LogP contribution in [0, 0.1) is 5.82 Å². The van der Waals surface area contributed by atoms with Crippen molar-refractivity contribution in [2.24, 2.45) is 0 Å². The van der Waals surface area contributed by atoms with Crippen LogP contribution in [0.1, 0.15) is 40.5 Å². The van der Waals surface area contributed by atoms with Crippen molar-refractivity contribution in [1.29, 1.82) is 0 Å². The number of benzene rings is 2. The van der Waals surface area contributed by atoms with E-state index in [0.717, 1.165) is 25.2 Å². The molecule has 1 atom stereocenters. The highest BCUT2D eigenvalue weighted by Crippen LogP contribution is 2.23. The van der Waals surface area contributed by atoms with Gasteiger partial charge < -0.3 is 19.3 Å². The number of amides is 1. The molecule has 0 aromatic heterocycles. The summed E-state index contributed by atoms with van der Waals surface area (Å²) in [6.45, 7) is 4.81. The van der Waals surface area contributed by atoms with Crippen LogP contribution < -0.4 is 9.64 Å². The SMILES string of the molecule is CC(=O)c1ccc(N2CCN(C(=O)c3ccc(OCC4CCCO4)cc3)CC2)c(F)c1. The zero-order chi connectivity index (χ0) is 21.8. The summed E-state index contributed by atoms with van der Waals surface area (Å²) in [5.41, 5.74) is 1.43. The fourth-order valence-corrected chi connectivity index (χ4v) is 3.97. The number of Topliss-reactive ketones (excluding diaryl/α,β-unsaturated/α-hetero) is 1. The van der Waals surface area contributed by atoms with Gasteiger partial charge in [0, 0.05) is 43.9 Å². The molecular weight excluding hydrogens is 399 g/mol. The van der Waals surface area contributed by atoms with Crippen LogP contribution in [0.15, 0.2) is 42.5 Å². The van der Waals surface area contributed by atoms with Crippen LogP contribution in [0.2, 0.25) is 0 Å². The van der Waals surface area contributed by atoms with Gasteiger partial charge in [-0.3, -0.25) is 9.59 Å². The van der Waals surface area contributed by atoms with Crippen molar-refractivity contribution in [2.45, 2.75) is 25.9 Å². The van der Waals surface area contributed by atoms with Gasteiger partial charge in [-0.2, -0.15) is 0 Å². The molecule has 0 aliphatic carbocycles. The lowest BCUT2D eigenvalue weighted by molar-refractivity contribution is 0.0678. The normalized spacial score (nSPS) is 18.8. The minimum absolute atomic E-state index is 0.0438. The fourth-order valence-electron chi connectivity index (χ4n) is 3.97. The molecule has 0 bridgehead atoms. The molecule has 2 aromatic carbocycles. The average Bonchev–Trinajstić information content (AvgIpc) is 3.31. The van der Waals surface area contributed by atoms with Crippen LogP contribution in [0.5, 0.6) is 5.75 Å². The van der Waals surface area contributed by atoms with E-state index in [4.69, 9.17) is 9.47 Å². The van der Waals surface area contributed by atoms with Gasteiger partial charge in [0.1, 0.15) is 18.2 Å². The maximum absolute atomic E-state index is 14.4. The molecule has 0 spiro atoms. The summed E-state index contributed by atoms with van der Waals surface area (Å²) in [6, 6.07) is 11.7. The zero-order valence-electron chi connectivity index (χ0n) is 17.7. The summed E-state index contributed by atoms with van der Waals surface area (Å²) < 4.78 is 25.7. The number of ether oxygens (including phenoxy) is 2. The Labute approximate surface area is 181 Å². The third kappa shape index (κ3) is 5.05. The number of hydrogen-bond acceptors (Lipinski definition) is 5. The monoisotopic (exact) mass is 426 g/mol. The van der Waals surface area contributed by atoms with Gasteiger partial charge in [0.15, 0.2) is 5.78 Å². The Morgan fingerprint density at radius 2 is 1.77 bits per heavy atom. The van der Waals surface area contributed by atoms with Crippen LogP contribution in [-0.4, -0.2) is 62.1 Å². The van der Waals surface area contributed by atoms with Crippen LogP contribution in [0.25, 0.3) is 0 Å².